The number of carbonyl (C=O) groups excluding carboxylic acids is 2. The van der Waals surface area contributed by atoms with Crippen molar-refractivity contribution in [3.05, 3.63) is 65.7 Å². The van der Waals surface area contributed by atoms with Crippen LogP contribution in [0.2, 0.25) is 0 Å². The molecule has 0 saturated heterocycles. The minimum absolute atomic E-state index is 0.0225. The molecule has 0 bridgehead atoms. The molecule has 0 heterocycles. The summed E-state index contributed by atoms with van der Waals surface area (Å²) in [5.74, 6) is -1.08. The molecule has 0 aliphatic carbocycles. The Bertz CT molecular complexity index is 958. The quantitative estimate of drug-likeness (QED) is 0.665. The Balaban J connectivity index is 1.97. The SMILES string of the molecule is C[C@H](OC(=O)c1cccc(S(=O)(=O)N(C)C)c1)C(=O)NC[C@H](C)c1ccccc1. The standard InChI is InChI=1S/C21H26N2O5S/c1-15(17-9-6-5-7-10-17)14-22-20(24)16(2)28-21(25)18-11-8-12-19(13-18)29(26,27)23(3)4/h5-13,15-16H,14H2,1-4H3,(H,22,24)/t15-,16-/m0/s1. The van der Waals surface area contributed by atoms with Crippen molar-refractivity contribution in [2.24, 2.45) is 0 Å². The van der Waals surface area contributed by atoms with Gasteiger partial charge in [-0.05, 0) is 36.6 Å². The fourth-order valence-corrected chi connectivity index (χ4v) is 3.52. The van der Waals surface area contributed by atoms with Gasteiger partial charge in [-0.3, -0.25) is 4.79 Å². The lowest BCUT2D eigenvalue weighted by Crippen LogP contribution is -2.37. The summed E-state index contributed by atoms with van der Waals surface area (Å²) >= 11 is 0. The number of rotatable bonds is 8. The molecule has 2 atom stereocenters. The molecule has 2 rings (SSSR count). The lowest BCUT2D eigenvalue weighted by atomic mass is 10.0. The summed E-state index contributed by atoms with van der Waals surface area (Å²) in [5, 5.41) is 2.77. The van der Waals surface area contributed by atoms with Gasteiger partial charge in [-0.25, -0.2) is 17.5 Å². The number of esters is 1. The molecule has 0 spiro atoms. The van der Waals surface area contributed by atoms with E-state index in [-0.39, 0.29) is 16.4 Å². The van der Waals surface area contributed by atoms with Gasteiger partial charge in [-0.1, -0.05) is 43.3 Å². The molecule has 0 aromatic heterocycles. The van der Waals surface area contributed by atoms with Gasteiger partial charge in [-0.15, -0.1) is 0 Å². The lowest BCUT2D eigenvalue weighted by molar-refractivity contribution is -0.129. The molecule has 0 unspecified atom stereocenters. The van der Waals surface area contributed by atoms with E-state index >= 15 is 0 Å². The van der Waals surface area contributed by atoms with E-state index < -0.39 is 28.0 Å². The highest BCUT2D eigenvalue weighted by atomic mass is 32.2. The number of hydrogen-bond acceptors (Lipinski definition) is 5. The number of hydrogen-bond donors (Lipinski definition) is 1. The van der Waals surface area contributed by atoms with E-state index in [0.717, 1.165) is 9.87 Å². The smallest absolute Gasteiger partial charge is 0.338 e. The van der Waals surface area contributed by atoms with Crippen LogP contribution in [0, 0.1) is 0 Å². The first-order chi connectivity index (χ1) is 13.6. The first-order valence-corrected chi connectivity index (χ1v) is 10.6. The van der Waals surface area contributed by atoms with Crippen molar-refractivity contribution in [1.82, 2.24) is 9.62 Å². The molecular formula is C21H26N2O5S. The van der Waals surface area contributed by atoms with Crippen molar-refractivity contribution in [1.29, 1.82) is 0 Å². The van der Waals surface area contributed by atoms with Crippen LogP contribution in [0.25, 0.3) is 0 Å². The average molecular weight is 419 g/mol. The first-order valence-electron chi connectivity index (χ1n) is 9.19. The third-order valence-electron chi connectivity index (χ3n) is 4.45. The highest BCUT2D eigenvalue weighted by molar-refractivity contribution is 7.89. The minimum Gasteiger partial charge on any atom is -0.449 e. The number of benzene rings is 2. The third kappa shape index (κ3) is 5.88. The summed E-state index contributed by atoms with van der Waals surface area (Å²) in [7, 11) is -0.864. The molecule has 0 radical (unpaired) electrons. The van der Waals surface area contributed by atoms with E-state index in [1.54, 1.807) is 0 Å². The Kier molecular flexibility index (Phi) is 7.53. The number of sulfonamides is 1. The van der Waals surface area contributed by atoms with Crippen LogP contribution in [-0.2, 0) is 19.6 Å². The molecular weight excluding hydrogens is 392 g/mol. The maximum absolute atomic E-state index is 12.4. The van der Waals surface area contributed by atoms with Crippen molar-refractivity contribution >= 4 is 21.9 Å². The number of nitrogens with one attached hydrogen (secondary N) is 1. The number of carbonyl (C=O) groups is 2. The monoisotopic (exact) mass is 418 g/mol. The zero-order valence-corrected chi connectivity index (χ0v) is 17.8. The van der Waals surface area contributed by atoms with Gasteiger partial charge in [0, 0.05) is 20.6 Å². The van der Waals surface area contributed by atoms with Gasteiger partial charge < -0.3 is 10.1 Å². The molecule has 1 amide bonds. The summed E-state index contributed by atoms with van der Waals surface area (Å²) in [4.78, 5) is 24.6. The van der Waals surface area contributed by atoms with Crippen LogP contribution in [-0.4, -0.2) is 51.3 Å². The maximum Gasteiger partial charge on any atom is 0.338 e. The first kappa shape index (κ1) is 22.6. The van der Waals surface area contributed by atoms with Crippen LogP contribution in [0.4, 0.5) is 0 Å². The van der Waals surface area contributed by atoms with E-state index in [0.29, 0.717) is 6.54 Å². The molecule has 29 heavy (non-hydrogen) atoms. The fourth-order valence-electron chi connectivity index (χ4n) is 2.57. The van der Waals surface area contributed by atoms with Gasteiger partial charge in [0.25, 0.3) is 5.91 Å². The minimum atomic E-state index is -3.68. The second kappa shape index (κ2) is 9.67. The van der Waals surface area contributed by atoms with Crippen LogP contribution < -0.4 is 5.32 Å². The zero-order chi connectivity index (χ0) is 21.6. The molecule has 2 aromatic rings. The zero-order valence-electron chi connectivity index (χ0n) is 17.0. The van der Waals surface area contributed by atoms with E-state index in [1.807, 2.05) is 37.3 Å². The highest BCUT2D eigenvalue weighted by Crippen LogP contribution is 2.16. The van der Waals surface area contributed by atoms with Crippen molar-refractivity contribution in [3.8, 4) is 0 Å². The summed E-state index contributed by atoms with van der Waals surface area (Å²) in [6.07, 6.45) is -1.01. The van der Waals surface area contributed by atoms with Crippen LogP contribution >= 0.6 is 0 Å². The van der Waals surface area contributed by atoms with Crippen LogP contribution in [0.5, 0.6) is 0 Å². The van der Waals surface area contributed by atoms with Crippen molar-refractivity contribution in [3.63, 3.8) is 0 Å². The Morgan fingerprint density at radius 1 is 1.03 bits per heavy atom. The average Bonchev–Trinajstić information content (AvgIpc) is 2.72. The molecule has 0 aliphatic rings. The Morgan fingerprint density at radius 3 is 2.31 bits per heavy atom. The topological polar surface area (TPSA) is 92.8 Å². The van der Waals surface area contributed by atoms with Gasteiger partial charge in [0.15, 0.2) is 6.10 Å². The van der Waals surface area contributed by atoms with Crippen molar-refractivity contribution in [2.75, 3.05) is 20.6 Å². The molecule has 0 saturated carbocycles. The lowest BCUT2D eigenvalue weighted by Gasteiger charge is -2.17. The van der Waals surface area contributed by atoms with Crippen molar-refractivity contribution in [2.45, 2.75) is 30.8 Å². The van der Waals surface area contributed by atoms with Gasteiger partial charge >= 0.3 is 5.97 Å². The Hall–Kier alpha value is -2.71. The van der Waals surface area contributed by atoms with Gasteiger partial charge in [0.05, 0.1) is 10.5 Å². The molecule has 156 valence electrons. The van der Waals surface area contributed by atoms with Crippen LogP contribution in [0.3, 0.4) is 0 Å². The van der Waals surface area contributed by atoms with E-state index in [2.05, 4.69) is 5.32 Å². The van der Waals surface area contributed by atoms with E-state index in [4.69, 9.17) is 4.74 Å². The summed E-state index contributed by atoms with van der Waals surface area (Å²) in [6, 6.07) is 15.3. The third-order valence-corrected chi connectivity index (χ3v) is 6.26. The number of nitrogens with zero attached hydrogens (tertiary/aromatic N) is 1. The summed E-state index contributed by atoms with van der Waals surface area (Å²) < 4.78 is 30.7. The second-order valence-electron chi connectivity index (χ2n) is 6.92. The summed E-state index contributed by atoms with van der Waals surface area (Å²) in [6.45, 7) is 3.87. The predicted octanol–water partition coefficient (Wildman–Crippen LogP) is 2.40. The predicted molar refractivity (Wildman–Crippen MR) is 110 cm³/mol. The van der Waals surface area contributed by atoms with Gasteiger partial charge in [-0.2, -0.15) is 0 Å². The molecule has 0 fully saturated rings. The molecule has 2 aromatic carbocycles. The van der Waals surface area contributed by atoms with Crippen LogP contribution in [0.1, 0.15) is 35.7 Å². The summed E-state index contributed by atoms with van der Waals surface area (Å²) in [5.41, 5.74) is 1.15. The molecule has 0 aliphatic heterocycles. The van der Waals surface area contributed by atoms with Crippen LogP contribution in [0.15, 0.2) is 59.5 Å². The fraction of sp³-hybridized carbons (Fsp3) is 0.333. The normalized spacial score (nSPS) is 13.6. The number of amides is 1. The van der Waals surface area contributed by atoms with Crippen molar-refractivity contribution < 1.29 is 22.7 Å². The van der Waals surface area contributed by atoms with E-state index in [9.17, 15) is 18.0 Å². The van der Waals surface area contributed by atoms with Gasteiger partial charge in [0.2, 0.25) is 10.0 Å². The Morgan fingerprint density at radius 2 is 1.69 bits per heavy atom. The maximum atomic E-state index is 12.4. The number of ether oxygens (including phenoxy) is 1. The Labute approximate surface area is 171 Å². The largest absolute Gasteiger partial charge is 0.449 e. The second-order valence-corrected chi connectivity index (χ2v) is 9.07. The van der Waals surface area contributed by atoms with E-state index in [1.165, 1.54) is 45.3 Å². The molecule has 8 heteroatoms. The molecule has 7 nitrogen and oxygen atoms in total. The highest BCUT2D eigenvalue weighted by Gasteiger charge is 2.22. The molecule has 1 N–H and O–H groups in total. The van der Waals surface area contributed by atoms with Gasteiger partial charge in [0.1, 0.15) is 0 Å².